The van der Waals surface area contributed by atoms with Crippen LogP contribution in [0.2, 0.25) is 0 Å². The minimum Gasteiger partial charge on any atom is -0.492 e. The molecule has 1 aliphatic heterocycles. The Morgan fingerprint density at radius 1 is 1.12 bits per heavy atom. The van der Waals surface area contributed by atoms with Gasteiger partial charge < -0.3 is 14.4 Å². The number of rotatable bonds is 9. The molecule has 0 saturated carbocycles. The van der Waals surface area contributed by atoms with E-state index in [9.17, 15) is 4.79 Å². The zero-order valence-electron chi connectivity index (χ0n) is 19.3. The molecular weight excluding hydrogens is 418 g/mol. The third kappa shape index (κ3) is 6.40. The van der Waals surface area contributed by atoms with Crippen molar-refractivity contribution in [2.24, 2.45) is 7.05 Å². The summed E-state index contributed by atoms with van der Waals surface area (Å²) in [6.07, 6.45) is 1.75. The van der Waals surface area contributed by atoms with Gasteiger partial charge in [0.15, 0.2) is 0 Å². The molecule has 0 unspecified atom stereocenters. The molecule has 4 rings (SSSR count). The lowest BCUT2D eigenvalue weighted by Gasteiger charge is -2.26. The van der Waals surface area contributed by atoms with Crippen molar-refractivity contribution in [3.05, 3.63) is 77.4 Å². The number of hydrogen-bond donors (Lipinski definition) is 0. The van der Waals surface area contributed by atoms with Crippen LogP contribution < -0.4 is 4.74 Å². The smallest absolute Gasteiger partial charge is 0.272 e. The second kappa shape index (κ2) is 11.1. The Balaban J connectivity index is 1.45. The van der Waals surface area contributed by atoms with Gasteiger partial charge in [-0.1, -0.05) is 18.2 Å². The Labute approximate surface area is 194 Å². The number of aryl methyl sites for hydroxylation is 2. The molecule has 33 heavy (non-hydrogen) atoms. The van der Waals surface area contributed by atoms with Gasteiger partial charge in [0.1, 0.15) is 18.1 Å². The highest BCUT2D eigenvalue weighted by Gasteiger charge is 2.21. The lowest BCUT2D eigenvalue weighted by Crippen LogP contribution is -2.38. The zero-order valence-corrected chi connectivity index (χ0v) is 19.3. The first kappa shape index (κ1) is 22.9. The van der Waals surface area contributed by atoms with E-state index in [1.165, 1.54) is 0 Å². The largest absolute Gasteiger partial charge is 0.492 e. The average Bonchev–Trinajstić information content (AvgIpc) is 3.17. The Kier molecular flexibility index (Phi) is 7.70. The third-order valence-electron chi connectivity index (χ3n) is 5.64. The highest BCUT2D eigenvalue weighted by molar-refractivity contribution is 5.92. The maximum Gasteiger partial charge on any atom is 0.272 e. The van der Waals surface area contributed by atoms with Crippen LogP contribution in [0.25, 0.3) is 0 Å². The molecule has 2 aromatic heterocycles. The fraction of sp³-hybridized carbons (Fsp3) is 0.400. The quantitative estimate of drug-likeness (QED) is 0.500. The molecule has 1 amide bonds. The SMILES string of the molecule is Cc1cc(C(=O)N(Cc2cccc(OCCN3CCOCC3)c2)Cc2ccccn2)n(C)n1. The summed E-state index contributed by atoms with van der Waals surface area (Å²) in [4.78, 5) is 22.0. The molecule has 0 bridgehead atoms. The van der Waals surface area contributed by atoms with Gasteiger partial charge in [-0.25, -0.2) is 0 Å². The maximum absolute atomic E-state index is 13.4. The molecule has 0 atom stereocenters. The highest BCUT2D eigenvalue weighted by atomic mass is 16.5. The summed E-state index contributed by atoms with van der Waals surface area (Å²) in [7, 11) is 1.79. The number of hydrogen-bond acceptors (Lipinski definition) is 6. The molecule has 3 aromatic rings. The summed E-state index contributed by atoms with van der Waals surface area (Å²) in [6.45, 7) is 7.69. The van der Waals surface area contributed by atoms with Crippen molar-refractivity contribution in [3.63, 3.8) is 0 Å². The number of carbonyl (C=O) groups excluding carboxylic acids is 1. The van der Waals surface area contributed by atoms with Gasteiger partial charge in [-0.05, 0) is 42.8 Å². The number of morpholine rings is 1. The number of nitrogens with zero attached hydrogens (tertiary/aromatic N) is 5. The van der Waals surface area contributed by atoms with Gasteiger partial charge >= 0.3 is 0 Å². The summed E-state index contributed by atoms with van der Waals surface area (Å²) >= 11 is 0. The fourth-order valence-corrected chi connectivity index (χ4v) is 3.93. The second-order valence-electron chi connectivity index (χ2n) is 8.23. The van der Waals surface area contributed by atoms with Crippen molar-refractivity contribution in [2.45, 2.75) is 20.0 Å². The monoisotopic (exact) mass is 449 g/mol. The van der Waals surface area contributed by atoms with E-state index in [1.807, 2.05) is 55.5 Å². The molecule has 174 valence electrons. The molecule has 8 nitrogen and oxygen atoms in total. The first-order valence-electron chi connectivity index (χ1n) is 11.3. The van der Waals surface area contributed by atoms with Gasteiger partial charge in [-0.2, -0.15) is 5.10 Å². The van der Waals surface area contributed by atoms with Crippen molar-refractivity contribution in [1.29, 1.82) is 0 Å². The fourth-order valence-electron chi connectivity index (χ4n) is 3.93. The first-order valence-corrected chi connectivity index (χ1v) is 11.3. The average molecular weight is 450 g/mol. The van der Waals surface area contributed by atoms with Gasteiger partial charge in [-0.3, -0.25) is 19.4 Å². The van der Waals surface area contributed by atoms with E-state index in [-0.39, 0.29) is 5.91 Å². The van der Waals surface area contributed by atoms with Crippen molar-refractivity contribution in [2.75, 3.05) is 39.5 Å². The van der Waals surface area contributed by atoms with E-state index in [0.29, 0.717) is 25.4 Å². The van der Waals surface area contributed by atoms with Crippen LogP contribution in [0.5, 0.6) is 5.75 Å². The molecule has 3 heterocycles. The molecule has 0 radical (unpaired) electrons. The van der Waals surface area contributed by atoms with E-state index >= 15 is 0 Å². The van der Waals surface area contributed by atoms with Crippen LogP contribution in [0.1, 0.15) is 27.4 Å². The molecule has 0 spiro atoms. The molecule has 1 aromatic carbocycles. The minimum atomic E-state index is -0.0811. The van der Waals surface area contributed by atoms with Crippen molar-refractivity contribution in [3.8, 4) is 5.75 Å². The topological polar surface area (TPSA) is 72.7 Å². The summed E-state index contributed by atoms with van der Waals surface area (Å²) in [5.74, 6) is 0.727. The Morgan fingerprint density at radius 3 is 2.70 bits per heavy atom. The summed E-state index contributed by atoms with van der Waals surface area (Å²) in [5, 5.41) is 4.34. The molecule has 0 aliphatic carbocycles. The Morgan fingerprint density at radius 2 is 1.97 bits per heavy atom. The number of amides is 1. The molecule has 0 N–H and O–H groups in total. The summed E-state index contributed by atoms with van der Waals surface area (Å²) in [6, 6.07) is 15.5. The Hall–Kier alpha value is -3.23. The first-order chi connectivity index (χ1) is 16.1. The van der Waals surface area contributed by atoms with E-state index in [1.54, 1.807) is 22.8 Å². The second-order valence-corrected chi connectivity index (χ2v) is 8.23. The third-order valence-corrected chi connectivity index (χ3v) is 5.64. The minimum absolute atomic E-state index is 0.0811. The highest BCUT2D eigenvalue weighted by Crippen LogP contribution is 2.18. The van der Waals surface area contributed by atoms with Crippen LogP contribution in [0.15, 0.2) is 54.7 Å². The molecule has 1 fully saturated rings. The van der Waals surface area contributed by atoms with E-state index in [4.69, 9.17) is 9.47 Å². The van der Waals surface area contributed by atoms with E-state index < -0.39 is 0 Å². The molecule has 8 heteroatoms. The lowest BCUT2D eigenvalue weighted by atomic mass is 10.1. The van der Waals surface area contributed by atoms with Crippen molar-refractivity contribution < 1.29 is 14.3 Å². The van der Waals surface area contributed by atoms with Gasteiger partial charge in [0.2, 0.25) is 0 Å². The van der Waals surface area contributed by atoms with Crippen molar-refractivity contribution >= 4 is 5.91 Å². The van der Waals surface area contributed by atoms with Gasteiger partial charge in [0.05, 0.1) is 31.1 Å². The predicted octanol–water partition coefficient (Wildman–Crippen LogP) is 2.68. The summed E-state index contributed by atoms with van der Waals surface area (Å²) in [5.41, 5.74) is 3.21. The van der Waals surface area contributed by atoms with Gasteiger partial charge in [-0.15, -0.1) is 0 Å². The number of pyridine rings is 1. The Bertz CT molecular complexity index is 1050. The van der Waals surface area contributed by atoms with Gasteiger partial charge in [0, 0.05) is 39.4 Å². The van der Waals surface area contributed by atoms with Crippen LogP contribution >= 0.6 is 0 Å². The van der Waals surface area contributed by atoms with Crippen LogP contribution in [0.4, 0.5) is 0 Å². The van der Waals surface area contributed by atoms with Crippen molar-refractivity contribution in [1.82, 2.24) is 24.6 Å². The zero-order chi connectivity index (χ0) is 23.0. The number of ether oxygens (including phenoxy) is 2. The molecule has 1 saturated heterocycles. The molecule has 1 aliphatic rings. The van der Waals surface area contributed by atoms with Crippen LogP contribution in [0, 0.1) is 6.92 Å². The van der Waals surface area contributed by atoms with E-state index in [2.05, 4.69) is 15.0 Å². The van der Waals surface area contributed by atoms with Gasteiger partial charge in [0.25, 0.3) is 5.91 Å². The summed E-state index contributed by atoms with van der Waals surface area (Å²) < 4.78 is 13.0. The van der Waals surface area contributed by atoms with Crippen LogP contribution in [-0.4, -0.2) is 69.9 Å². The lowest BCUT2D eigenvalue weighted by molar-refractivity contribution is 0.0322. The standard InChI is InChI=1S/C25H31N5O3/c1-20-16-24(28(2)27-20)25(31)30(19-22-7-3-4-9-26-22)18-21-6-5-8-23(17-21)33-15-12-29-10-13-32-14-11-29/h3-9,16-17H,10-15,18-19H2,1-2H3. The van der Waals surface area contributed by atoms with Crippen LogP contribution in [-0.2, 0) is 24.9 Å². The number of carbonyl (C=O) groups is 1. The molecular formula is C25H31N5O3. The predicted molar refractivity (Wildman–Crippen MR) is 125 cm³/mol. The number of aromatic nitrogens is 3. The normalized spacial score (nSPS) is 14.2. The maximum atomic E-state index is 13.4. The van der Waals surface area contributed by atoms with Crippen LogP contribution in [0.3, 0.4) is 0 Å². The number of benzene rings is 1. The van der Waals surface area contributed by atoms with E-state index in [0.717, 1.165) is 55.5 Å².